The molecule has 0 unspecified atom stereocenters. The maximum atomic E-state index is 14.1. The van der Waals surface area contributed by atoms with Gasteiger partial charge in [-0.2, -0.15) is 19.3 Å². The van der Waals surface area contributed by atoms with Crippen LogP contribution in [0.3, 0.4) is 0 Å². The summed E-state index contributed by atoms with van der Waals surface area (Å²) in [5.41, 5.74) is 0.874. The Labute approximate surface area is 219 Å². The van der Waals surface area contributed by atoms with Crippen molar-refractivity contribution in [1.82, 2.24) is 33.7 Å². The van der Waals surface area contributed by atoms with Crippen LogP contribution in [0.15, 0.2) is 24.3 Å². The molecule has 5 rings (SSSR count). The maximum Gasteiger partial charge on any atom is 0.296 e. The minimum Gasteiger partial charge on any atom is -0.378 e. The number of benzene rings is 1. The number of rotatable bonds is 8. The third kappa shape index (κ3) is 5.55. The zero-order chi connectivity index (χ0) is 26.9. The summed E-state index contributed by atoms with van der Waals surface area (Å²) >= 11 is 0. The van der Waals surface area contributed by atoms with Gasteiger partial charge in [-0.3, -0.25) is 4.57 Å². The van der Waals surface area contributed by atoms with E-state index in [0.717, 1.165) is 0 Å². The molecule has 2 aromatic heterocycles. The molecule has 3 aromatic rings. The number of sulfonamides is 1. The van der Waals surface area contributed by atoms with Crippen molar-refractivity contribution in [2.24, 2.45) is 0 Å². The van der Waals surface area contributed by atoms with Crippen molar-refractivity contribution in [1.29, 1.82) is 0 Å². The smallest absolute Gasteiger partial charge is 0.296 e. The number of morpholine rings is 1. The zero-order valence-electron chi connectivity index (χ0n) is 21.4. The lowest BCUT2D eigenvalue weighted by Crippen LogP contribution is -2.50. The first-order valence-electron chi connectivity index (χ1n) is 12.4. The highest BCUT2D eigenvalue weighted by Crippen LogP contribution is 2.28. The molecule has 0 atom stereocenters. The van der Waals surface area contributed by atoms with E-state index in [9.17, 15) is 17.2 Å². The lowest BCUT2D eigenvalue weighted by Gasteiger charge is -2.35. The molecule has 4 heterocycles. The second-order valence-corrected chi connectivity index (χ2v) is 11.5. The summed E-state index contributed by atoms with van der Waals surface area (Å²) in [6.07, 6.45) is -2.84. The molecule has 38 heavy (non-hydrogen) atoms. The molecule has 0 amide bonds. The first-order valence-corrected chi connectivity index (χ1v) is 14.1. The highest BCUT2D eigenvalue weighted by molar-refractivity contribution is 7.89. The van der Waals surface area contributed by atoms with Crippen molar-refractivity contribution in [3.05, 3.63) is 30.1 Å². The van der Waals surface area contributed by atoms with E-state index in [1.54, 1.807) is 24.3 Å². The predicted octanol–water partition coefficient (Wildman–Crippen LogP) is 0.998. The lowest BCUT2D eigenvalue weighted by molar-refractivity contribution is 0.122. The number of imidazole rings is 1. The number of piperazine rings is 1. The molecule has 1 aromatic carbocycles. The monoisotopic (exact) mass is 551 g/mol. The number of halogens is 2. The largest absolute Gasteiger partial charge is 0.378 e. The fourth-order valence-corrected chi connectivity index (χ4v) is 6.06. The van der Waals surface area contributed by atoms with Crippen LogP contribution in [0.2, 0.25) is 0 Å². The van der Waals surface area contributed by atoms with Crippen LogP contribution in [0, 0.1) is 0 Å². The fourth-order valence-electron chi connectivity index (χ4n) is 4.48. The summed E-state index contributed by atoms with van der Waals surface area (Å²) < 4.78 is 61.9. The van der Waals surface area contributed by atoms with Gasteiger partial charge in [0.2, 0.25) is 27.9 Å². The fraction of sp³-hybridized carbons (Fsp3) is 0.565. The van der Waals surface area contributed by atoms with E-state index in [0.29, 0.717) is 68.9 Å². The Hall–Kier alpha value is -3.01. The molecule has 2 fully saturated rings. The summed E-state index contributed by atoms with van der Waals surface area (Å²) in [5, 5.41) is 0. The topological polar surface area (TPSA) is 113 Å². The van der Waals surface area contributed by atoms with Crippen molar-refractivity contribution in [3.8, 4) is 5.95 Å². The molecular weight excluding hydrogens is 520 g/mol. The highest BCUT2D eigenvalue weighted by atomic mass is 32.2. The summed E-state index contributed by atoms with van der Waals surface area (Å²) in [4.78, 5) is 23.6. The number of hydrogen-bond acceptors (Lipinski definition) is 10. The van der Waals surface area contributed by atoms with Gasteiger partial charge in [-0.1, -0.05) is 12.1 Å². The molecule has 0 spiro atoms. The van der Waals surface area contributed by atoms with Crippen LogP contribution >= 0.6 is 0 Å². The van der Waals surface area contributed by atoms with Crippen molar-refractivity contribution in [3.63, 3.8) is 0 Å². The van der Waals surface area contributed by atoms with E-state index >= 15 is 0 Å². The van der Waals surface area contributed by atoms with Crippen LogP contribution in [0.4, 0.5) is 20.7 Å². The van der Waals surface area contributed by atoms with Crippen molar-refractivity contribution < 1.29 is 21.9 Å². The molecule has 2 aliphatic heterocycles. The Morgan fingerprint density at radius 2 is 1.50 bits per heavy atom. The van der Waals surface area contributed by atoms with Gasteiger partial charge in [-0.05, 0) is 26.2 Å². The molecule has 0 radical (unpaired) electrons. The third-order valence-electron chi connectivity index (χ3n) is 6.59. The summed E-state index contributed by atoms with van der Waals surface area (Å²) in [7, 11) is 0.270. The maximum absolute atomic E-state index is 14.1. The molecule has 2 aliphatic rings. The number of alkyl halides is 2. The Bertz CT molecular complexity index is 1370. The Balaban J connectivity index is 1.49. The normalized spacial score (nSPS) is 17.7. The molecule has 206 valence electrons. The molecule has 0 aliphatic carbocycles. The zero-order valence-corrected chi connectivity index (χ0v) is 22.2. The molecule has 0 bridgehead atoms. The predicted molar refractivity (Wildman–Crippen MR) is 139 cm³/mol. The van der Waals surface area contributed by atoms with Crippen LogP contribution in [0.25, 0.3) is 17.0 Å². The standard InChI is InChI=1S/C23H31F2N9O3S/c1-30(2)13-16-38(35,36)33-9-7-31(8-10-33)21-27-22(32-11-14-37-15-12-32)29-23(28-21)34-18-6-4-3-5-17(18)26-20(34)19(24)25/h3-6,19H,7-16H2,1-2H3. The van der Waals surface area contributed by atoms with Gasteiger partial charge in [0.05, 0.1) is 30.0 Å². The molecular formula is C23H31F2N9O3S. The summed E-state index contributed by atoms with van der Waals surface area (Å²) in [5.74, 6) is 0.294. The van der Waals surface area contributed by atoms with E-state index < -0.39 is 22.3 Å². The van der Waals surface area contributed by atoms with Gasteiger partial charge in [-0.15, -0.1) is 0 Å². The van der Waals surface area contributed by atoms with Crippen molar-refractivity contribution in [2.45, 2.75) is 6.43 Å². The second kappa shape index (κ2) is 11.0. The molecule has 12 nitrogen and oxygen atoms in total. The van der Waals surface area contributed by atoms with Gasteiger partial charge < -0.3 is 19.4 Å². The third-order valence-corrected chi connectivity index (χ3v) is 8.44. The number of ether oxygens (including phenoxy) is 1. The Morgan fingerprint density at radius 1 is 0.895 bits per heavy atom. The van der Waals surface area contributed by atoms with E-state index in [4.69, 9.17) is 4.74 Å². The Morgan fingerprint density at radius 3 is 2.13 bits per heavy atom. The second-order valence-electron chi connectivity index (χ2n) is 9.44. The molecule has 0 N–H and O–H groups in total. The minimum atomic E-state index is -3.40. The first kappa shape index (κ1) is 26.6. The lowest BCUT2D eigenvalue weighted by atomic mass is 10.3. The molecule has 2 saturated heterocycles. The summed E-state index contributed by atoms with van der Waals surface area (Å²) in [6.45, 7) is 3.80. The number of fused-ring (bicyclic) bond motifs is 1. The van der Waals surface area contributed by atoms with Crippen LogP contribution < -0.4 is 9.80 Å². The van der Waals surface area contributed by atoms with E-state index in [1.807, 2.05) is 28.8 Å². The number of anilines is 2. The van der Waals surface area contributed by atoms with Crippen LogP contribution in [0.5, 0.6) is 0 Å². The van der Waals surface area contributed by atoms with Crippen molar-refractivity contribution >= 4 is 33.0 Å². The average molecular weight is 552 g/mol. The number of hydrogen-bond donors (Lipinski definition) is 0. The minimum absolute atomic E-state index is 0.0429. The average Bonchev–Trinajstić information content (AvgIpc) is 3.33. The van der Waals surface area contributed by atoms with Gasteiger partial charge in [0.15, 0.2) is 5.82 Å². The van der Waals surface area contributed by atoms with Crippen LogP contribution in [0.1, 0.15) is 12.2 Å². The van der Waals surface area contributed by atoms with Gasteiger partial charge in [-0.25, -0.2) is 22.2 Å². The van der Waals surface area contributed by atoms with Crippen LogP contribution in [-0.4, -0.2) is 121 Å². The van der Waals surface area contributed by atoms with Gasteiger partial charge in [0.1, 0.15) is 0 Å². The van der Waals surface area contributed by atoms with E-state index in [-0.39, 0.29) is 24.8 Å². The molecule has 0 saturated carbocycles. The highest BCUT2D eigenvalue weighted by Gasteiger charge is 2.30. The number of nitrogens with zero attached hydrogens (tertiary/aromatic N) is 9. The van der Waals surface area contributed by atoms with E-state index in [2.05, 4.69) is 19.9 Å². The van der Waals surface area contributed by atoms with Crippen LogP contribution in [-0.2, 0) is 14.8 Å². The van der Waals surface area contributed by atoms with Gasteiger partial charge >= 0.3 is 0 Å². The van der Waals surface area contributed by atoms with E-state index in [1.165, 1.54) is 8.87 Å². The van der Waals surface area contributed by atoms with Gasteiger partial charge in [0, 0.05) is 45.8 Å². The number of aromatic nitrogens is 5. The number of para-hydroxylation sites is 2. The van der Waals surface area contributed by atoms with Gasteiger partial charge in [0.25, 0.3) is 6.43 Å². The SMILES string of the molecule is CN(C)CCS(=O)(=O)N1CCN(c2nc(N3CCOCC3)nc(-n3c(C(F)F)nc4ccccc43)n2)CC1. The quantitative estimate of drug-likeness (QED) is 0.402. The van der Waals surface area contributed by atoms with Crippen molar-refractivity contribution in [2.75, 3.05) is 88.7 Å². The molecule has 15 heteroatoms. The Kier molecular flexibility index (Phi) is 7.70. The first-order chi connectivity index (χ1) is 18.2. The summed E-state index contributed by atoms with van der Waals surface area (Å²) in [6, 6.07) is 6.85.